The fourth-order valence-electron chi connectivity index (χ4n) is 1.99. The summed E-state index contributed by atoms with van der Waals surface area (Å²) in [7, 11) is 0. The molecule has 2 aromatic heterocycles. The van der Waals surface area contributed by atoms with Gasteiger partial charge in [-0.15, -0.1) is 11.3 Å². The molecule has 0 radical (unpaired) electrons. The van der Waals surface area contributed by atoms with Crippen molar-refractivity contribution in [3.05, 3.63) is 34.0 Å². The van der Waals surface area contributed by atoms with Crippen LogP contribution in [0.5, 0.6) is 0 Å². The monoisotopic (exact) mass is 346 g/mol. The molecule has 0 fully saturated rings. The molecular formula is C14H17F3N4OS. The number of hydrogen-bond donors (Lipinski definition) is 1. The summed E-state index contributed by atoms with van der Waals surface area (Å²) in [6.45, 7) is 4.11. The van der Waals surface area contributed by atoms with E-state index in [0.29, 0.717) is 13.0 Å². The molecule has 1 amide bonds. The maximum Gasteiger partial charge on any atom is 0.434 e. The van der Waals surface area contributed by atoms with Crippen LogP contribution < -0.4 is 5.32 Å². The van der Waals surface area contributed by atoms with Gasteiger partial charge >= 0.3 is 6.18 Å². The number of halogens is 3. The van der Waals surface area contributed by atoms with E-state index < -0.39 is 17.9 Å². The van der Waals surface area contributed by atoms with Gasteiger partial charge in [0.15, 0.2) is 5.69 Å². The van der Waals surface area contributed by atoms with Crippen LogP contribution in [0.2, 0.25) is 0 Å². The fraction of sp³-hybridized carbons (Fsp3) is 0.500. The average molecular weight is 346 g/mol. The highest BCUT2D eigenvalue weighted by Crippen LogP contribution is 2.32. The van der Waals surface area contributed by atoms with Crippen molar-refractivity contribution in [2.75, 3.05) is 0 Å². The van der Waals surface area contributed by atoms with Crippen LogP contribution >= 0.6 is 11.3 Å². The van der Waals surface area contributed by atoms with Crippen LogP contribution in [0, 0.1) is 6.92 Å². The van der Waals surface area contributed by atoms with Crippen molar-refractivity contribution < 1.29 is 18.0 Å². The Morgan fingerprint density at radius 2 is 2.22 bits per heavy atom. The number of carbonyl (C=O) groups excluding carboxylic acids is 1. The van der Waals surface area contributed by atoms with Gasteiger partial charge < -0.3 is 5.32 Å². The summed E-state index contributed by atoms with van der Waals surface area (Å²) >= 11 is 0.906. The molecule has 0 aliphatic carbocycles. The molecule has 0 unspecified atom stereocenters. The second-order valence-electron chi connectivity index (χ2n) is 5.13. The standard InChI is InChI=1S/C14H17F3N4OS/c1-3-10(13-20-11(8-23-13)14(15,16)17)19-12(22)4-5-21-7-9(2)6-18-21/h6-8,10H,3-5H2,1-2H3,(H,19,22)/t10-/m0/s1. The molecule has 1 N–H and O–H groups in total. The lowest BCUT2D eigenvalue weighted by Crippen LogP contribution is -2.29. The molecule has 0 aliphatic rings. The summed E-state index contributed by atoms with van der Waals surface area (Å²) in [6, 6.07) is -0.511. The van der Waals surface area contributed by atoms with Gasteiger partial charge in [-0.1, -0.05) is 6.92 Å². The quantitative estimate of drug-likeness (QED) is 0.873. The van der Waals surface area contributed by atoms with Crippen molar-refractivity contribution in [3.63, 3.8) is 0 Å². The normalized spacial score (nSPS) is 13.1. The van der Waals surface area contributed by atoms with Crippen LogP contribution in [0.1, 0.15) is 42.1 Å². The predicted molar refractivity (Wildman–Crippen MR) is 79.9 cm³/mol. The molecule has 23 heavy (non-hydrogen) atoms. The number of rotatable bonds is 6. The average Bonchev–Trinajstić information content (AvgIpc) is 3.11. The summed E-state index contributed by atoms with van der Waals surface area (Å²) in [5.74, 6) is -0.242. The van der Waals surface area contributed by atoms with Crippen LogP contribution in [0.25, 0.3) is 0 Å². The number of thiazole rings is 1. The Balaban J connectivity index is 1.93. The first-order chi connectivity index (χ1) is 10.8. The molecule has 0 spiro atoms. The zero-order valence-corrected chi connectivity index (χ0v) is 13.5. The van der Waals surface area contributed by atoms with Crippen molar-refractivity contribution in [2.24, 2.45) is 0 Å². The zero-order chi connectivity index (χ0) is 17.0. The van der Waals surface area contributed by atoms with E-state index in [1.54, 1.807) is 17.8 Å². The molecule has 0 aromatic carbocycles. The Morgan fingerprint density at radius 1 is 1.48 bits per heavy atom. The first-order valence-electron chi connectivity index (χ1n) is 7.10. The highest BCUT2D eigenvalue weighted by Gasteiger charge is 2.34. The van der Waals surface area contributed by atoms with Gasteiger partial charge in [0.2, 0.25) is 5.91 Å². The first kappa shape index (κ1) is 17.5. The largest absolute Gasteiger partial charge is 0.434 e. The van der Waals surface area contributed by atoms with Crippen LogP contribution in [0.3, 0.4) is 0 Å². The number of amides is 1. The fourth-order valence-corrected chi connectivity index (χ4v) is 2.95. The minimum Gasteiger partial charge on any atom is -0.347 e. The molecule has 2 heterocycles. The maximum atomic E-state index is 12.6. The Morgan fingerprint density at radius 3 is 2.74 bits per heavy atom. The molecule has 1 atom stereocenters. The van der Waals surface area contributed by atoms with Gasteiger partial charge in [0.05, 0.1) is 12.2 Å². The summed E-state index contributed by atoms with van der Waals surface area (Å²) < 4.78 is 39.4. The Hall–Kier alpha value is -1.90. The molecule has 0 saturated heterocycles. The van der Waals surface area contributed by atoms with Gasteiger partial charge in [-0.2, -0.15) is 18.3 Å². The smallest absolute Gasteiger partial charge is 0.347 e. The molecule has 0 saturated carbocycles. The highest BCUT2D eigenvalue weighted by atomic mass is 32.1. The SMILES string of the molecule is CC[C@H](NC(=O)CCn1cc(C)cn1)c1nc(C(F)(F)F)cs1. The number of aromatic nitrogens is 3. The third-order valence-corrected chi connectivity index (χ3v) is 4.14. The van der Waals surface area contributed by atoms with Crippen LogP contribution in [0.4, 0.5) is 13.2 Å². The Labute approximate surface area is 135 Å². The van der Waals surface area contributed by atoms with Gasteiger partial charge in [-0.05, 0) is 18.9 Å². The van der Waals surface area contributed by atoms with Crippen molar-refractivity contribution in [1.29, 1.82) is 0 Å². The molecule has 0 aliphatic heterocycles. The summed E-state index contributed by atoms with van der Waals surface area (Å²) in [6.07, 6.45) is -0.274. The lowest BCUT2D eigenvalue weighted by atomic mass is 10.2. The number of alkyl halides is 3. The summed E-state index contributed by atoms with van der Waals surface area (Å²) in [5, 5.41) is 8.04. The van der Waals surface area contributed by atoms with Crippen molar-refractivity contribution in [3.8, 4) is 0 Å². The molecule has 9 heteroatoms. The first-order valence-corrected chi connectivity index (χ1v) is 7.98. The second-order valence-corrected chi connectivity index (χ2v) is 6.02. The zero-order valence-electron chi connectivity index (χ0n) is 12.7. The van der Waals surface area contributed by atoms with E-state index in [9.17, 15) is 18.0 Å². The van der Waals surface area contributed by atoms with Crippen LogP contribution in [-0.2, 0) is 17.5 Å². The van der Waals surface area contributed by atoms with Crippen molar-refractivity contribution >= 4 is 17.2 Å². The van der Waals surface area contributed by atoms with Gasteiger partial charge in [-0.25, -0.2) is 4.98 Å². The van der Waals surface area contributed by atoms with Gasteiger partial charge in [0.25, 0.3) is 0 Å². The molecule has 2 aromatic rings. The number of nitrogens with zero attached hydrogens (tertiary/aromatic N) is 3. The van der Waals surface area contributed by atoms with E-state index in [1.807, 2.05) is 13.1 Å². The molecular weight excluding hydrogens is 329 g/mol. The van der Waals surface area contributed by atoms with Crippen molar-refractivity contribution in [1.82, 2.24) is 20.1 Å². The number of hydrogen-bond acceptors (Lipinski definition) is 4. The van der Waals surface area contributed by atoms with Gasteiger partial charge in [0.1, 0.15) is 5.01 Å². The van der Waals surface area contributed by atoms with E-state index in [-0.39, 0.29) is 17.3 Å². The molecule has 126 valence electrons. The van der Waals surface area contributed by atoms with Crippen molar-refractivity contribution in [2.45, 2.75) is 45.5 Å². The predicted octanol–water partition coefficient (Wildman–Crippen LogP) is 3.32. The summed E-state index contributed by atoms with van der Waals surface area (Å²) in [4.78, 5) is 15.6. The minimum absolute atomic E-state index is 0.203. The number of carbonyl (C=O) groups is 1. The molecule has 5 nitrogen and oxygen atoms in total. The Kier molecular flexibility index (Phi) is 5.40. The Bertz CT molecular complexity index is 665. The minimum atomic E-state index is -4.46. The lowest BCUT2D eigenvalue weighted by molar-refractivity contribution is -0.140. The van der Waals surface area contributed by atoms with Gasteiger partial charge in [-0.3, -0.25) is 9.48 Å². The molecule has 2 rings (SSSR count). The molecule has 0 bridgehead atoms. The lowest BCUT2D eigenvalue weighted by Gasteiger charge is -2.14. The number of nitrogens with one attached hydrogen (secondary N) is 1. The van der Waals surface area contributed by atoms with Crippen LogP contribution in [-0.4, -0.2) is 20.7 Å². The maximum absolute atomic E-state index is 12.6. The second kappa shape index (κ2) is 7.12. The topological polar surface area (TPSA) is 59.8 Å². The van der Waals surface area contributed by atoms with E-state index in [0.717, 1.165) is 22.3 Å². The third-order valence-electron chi connectivity index (χ3n) is 3.18. The van der Waals surface area contributed by atoms with E-state index in [1.165, 1.54) is 0 Å². The van der Waals surface area contributed by atoms with E-state index >= 15 is 0 Å². The summed E-state index contributed by atoms with van der Waals surface area (Å²) in [5.41, 5.74) is 0.0801. The number of aryl methyl sites for hydroxylation is 2. The highest BCUT2D eigenvalue weighted by molar-refractivity contribution is 7.09. The van der Waals surface area contributed by atoms with Crippen LogP contribution in [0.15, 0.2) is 17.8 Å². The van der Waals surface area contributed by atoms with E-state index in [4.69, 9.17) is 0 Å². The third kappa shape index (κ3) is 4.78. The van der Waals surface area contributed by atoms with E-state index in [2.05, 4.69) is 15.4 Å². The van der Waals surface area contributed by atoms with Gasteiger partial charge in [0, 0.05) is 24.5 Å².